The first-order chi connectivity index (χ1) is 15.8. The summed E-state index contributed by atoms with van der Waals surface area (Å²) in [7, 11) is 1.54. The third-order valence-electron chi connectivity index (χ3n) is 6.96. The number of carbonyl (C=O) groups excluding carboxylic acids is 2. The zero-order valence-electron chi connectivity index (χ0n) is 18.6. The molecule has 0 unspecified atom stereocenters. The number of amides is 1. The quantitative estimate of drug-likeness (QED) is 0.688. The van der Waals surface area contributed by atoms with Crippen molar-refractivity contribution in [2.75, 3.05) is 31.1 Å². The van der Waals surface area contributed by atoms with Crippen LogP contribution in [0.1, 0.15) is 46.0 Å². The number of hydrogen-bond donors (Lipinski definition) is 1. The number of aliphatic hydroxyl groups excluding tert-OH is 1. The molecule has 0 saturated carbocycles. The van der Waals surface area contributed by atoms with E-state index in [2.05, 4.69) is 10.00 Å². The zero-order valence-corrected chi connectivity index (χ0v) is 18.6. The van der Waals surface area contributed by atoms with E-state index in [0.29, 0.717) is 50.4 Å². The summed E-state index contributed by atoms with van der Waals surface area (Å²) in [6.45, 7) is 4.33. The number of carbonyl (C=O) groups is 2. The lowest BCUT2D eigenvalue weighted by Crippen LogP contribution is -2.48. The number of aliphatic hydroxyl groups is 1. The first kappa shape index (κ1) is 21.6. The van der Waals surface area contributed by atoms with Crippen molar-refractivity contribution in [1.29, 1.82) is 0 Å². The van der Waals surface area contributed by atoms with Gasteiger partial charge >= 0.3 is 12.1 Å². The molecule has 2 aromatic rings. The molecule has 1 atom stereocenters. The van der Waals surface area contributed by atoms with Crippen molar-refractivity contribution >= 4 is 17.9 Å². The lowest BCUT2D eigenvalue weighted by molar-refractivity contribution is -0.00987. The third-order valence-corrected chi connectivity index (χ3v) is 6.96. The van der Waals surface area contributed by atoms with Crippen molar-refractivity contribution in [3.63, 3.8) is 0 Å². The van der Waals surface area contributed by atoms with Crippen LogP contribution in [-0.2, 0) is 23.1 Å². The number of ether oxygens (including phenoxy) is 2. The van der Waals surface area contributed by atoms with E-state index in [9.17, 15) is 19.5 Å². The normalized spacial score (nSPS) is 20.6. The Morgan fingerprint density at radius 3 is 2.64 bits per heavy atom. The van der Waals surface area contributed by atoms with Crippen LogP contribution in [0, 0.1) is 6.92 Å². The van der Waals surface area contributed by atoms with Crippen LogP contribution < -0.4 is 10.5 Å². The fourth-order valence-electron chi connectivity index (χ4n) is 4.91. The monoisotopic (exact) mass is 454 g/mol. The predicted molar refractivity (Wildman–Crippen MR) is 117 cm³/mol. The molecule has 0 bridgehead atoms. The molecule has 3 aliphatic rings. The van der Waals surface area contributed by atoms with Gasteiger partial charge in [-0.15, -0.1) is 0 Å². The molecule has 2 fully saturated rings. The number of aryl methyl sites for hydroxylation is 1. The van der Waals surface area contributed by atoms with E-state index in [-0.39, 0.29) is 18.1 Å². The molecule has 10 nitrogen and oxygen atoms in total. The highest BCUT2D eigenvalue weighted by Gasteiger charge is 2.48. The van der Waals surface area contributed by atoms with Crippen LogP contribution in [0.15, 0.2) is 29.1 Å². The highest BCUT2D eigenvalue weighted by atomic mass is 16.6. The highest BCUT2D eigenvalue weighted by molar-refractivity contribution is 5.94. The number of hydrogen-bond acceptors (Lipinski definition) is 8. The van der Waals surface area contributed by atoms with Gasteiger partial charge in [-0.25, -0.2) is 14.3 Å². The van der Waals surface area contributed by atoms with Crippen molar-refractivity contribution in [2.45, 2.75) is 38.1 Å². The Labute approximate surface area is 190 Å². The fourth-order valence-corrected chi connectivity index (χ4v) is 4.91. The van der Waals surface area contributed by atoms with Crippen LogP contribution in [0.25, 0.3) is 0 Å². The lowest BCUT2D eigenvalue weighted by Gasteiger charge is -2.38. The van der Waals surface area contributed by atoms with Gasteiger partial charge in [0.25, 0.3) is 5.56 Å². The largest absolute Gasteiger partial charge is 0.457 e. The second-order valence-electron chi connectivity index (χ2n) is 8.99. The van der Waals surface area contributed by atoms with E-state index in [1.165, 1.54) is 21.7 Å². The molecular formula is C23H26N4O6. The average Bonchev–Trinajstić information content (AvgIpc) is 3.32. The number of likely N-dealkylation sites (tertiary alicyclic amines) is 1. The molecule has 0 radical (unpaired) electrons. The van der Waals surface area contributed by atoms with Gasteiger partial charge in [0.05, 0.1) is 18.2 Å². The highest BCUT2D eigenvalue weighted by Crippen LogP contribution is 2.36. The number of benzene rings is 1. The molecule has 10 heteroatoms. The number of nitrogens with zero attached hydrogens (tertiary/aromatic N) is 4. The third kappa shape index (κ3) is 3.79. The zero-order chi connectivity index (χ0) is 23.3. The van der Waals surface area contributed by atoms with Crippen molar-refractivity contribution in [3.05, 3.63) is 56.9 Å². The van der Waals surface area contributed by atoms with Crippen molar-refractivity contribution in [3.8, 4) is 0 Å². The molecule has 4 heterocycles. The van der Waals surface area contributed by atoms with E-state index in [1.807, 2.05) is 6.92 Å². The van der Waals surface area contributed by atoms with Crippen molar-refractivity contribution in [2.24, 2.45) is 7.05 Å². The number of fused-ring (bicyclic) bond motifs is 1. The van der Waals surface area contributed by atoms with E-state index in [4.69, 9.17) is 9.47 Å². The maximum atomic E-state index is 12.5. The first-order valence-electron chi connectivity index (χ1n) is 11.0. The summed E-state index contributed by atoms with van der Waals surface area (Å²) in [5, 5.41) is 15.1. The molecule has 5 rings (SSSR count). The van der Waals surface area contributed by atoms with Gasteiger partial charge in [-0.3, -0.25) is 9.69 Å². The molecule has 1 amide bonds. The second kappa shape index (κ2) is 7.96. The van der Waals surface area contributed by atoms with E-state index in [0.717, 1.165) is 16.7 Å². The summed E-state index contributed by atoms with van der Waals surface area (Å²) in [5.41, 5.74) is 2.26. The van der Waals surface area contributed by atoms with Gasteiger partial charge in [0, 0.05) is 51.2 Å². The SMILES string of the molecule is Cc1c([C@@H](O)CN2CCC3(CC2)CN(c2ccc(=O)n(C)n2)C(=O)O3)ccc2c1COC2=O. The molecule has 1 N–H and O–H groups in total. The van der Waals surface area contributed by atoms with Gasteiger partial charge in [-0.1, -0.05) is 6.07 Å². The van der Waals surface area contributed by atoms with E-state index >= 15 is 0 Å². The standard InChI is InChI=1S/C23H26N4O6/c1-14-15(3-4-16-17(14)12-32-21(16)30)18(28)11-26-9-7-23(8-10-26)13-27(22(31)33-23)19-5-6-20(29)25(2)24-19/h3-6,18,28H,7-13H2,1-2H3/t18-/m0/s1. The smallest absolute Gasteiger partial charge is 0.416 e. The number of β-amino-alcohol motifs (C(OH)–C–C–N with tert-alkyl or cyclic N) is 1. The average molecular weight is 454 g/mol. The van der Waals surface area contributed by atoms with E-state index < -0.39 is 17.8 Å². The Hall–Kier alpha value is -3.24. The molecule has 1 spiro atoms. The maximum Gasteiger partial charge on any atom is 0.416 e. The molecule has 1 aromatic carbocycles. The van der Waals surface area contributed by atoms with Crippen LogP contribution >= 0.6 is 0 Å². The first-order valence-corrected chi connectivity index (χ1v) is 11.0. The summed E-state index contributed by atoms with van der Waals surface area (Å²) in [5.74, 6) is 0.0786. The van der Waals surface area contributed by atoms with Crippen LogP contribution in [0.5, 0.6) is 0 Å². The van der Waals surface area contributed by atoms with Gasteiger partial charge in [-0.2, -0.15) is 5.10 Å². The molecule has 1 aromatic heterocycles. The summed E-state index contributed by atoms with van der Waals surface area (Å²) in [6.07, 6.45) is 0.121. The van der Waals surface area contributed by atoms with Gasteiger partial charge < -0.3 is 19.5 Å². The molecule has 174 valence electrons. The Kier molecular flexibility index (Phi) is 5.21. The molecule has 33 heavy (non-hydrogen) atoms. The summed E-state index contributed by atoms with van der Waals surface area (Å²) < 4.78 is 12.1. The molecule has 0 aliphatic carbocycles. The van der Waals surface area contributed by atoms with Gasteiger partial charge in [-0.05, 0) is 30.2 Å². The number of anilines is 1. The second-order valence-corrected chi connectivity index (χ2v) is 8.99. The molecule has 2 saturated heterocycles. The fraction of sp³-hybridized carbons (Fsp3) is 0.478. The number of esters is 1. The van der Waals surface area contributed by atoms with E-state index in [1.54, 1.807) is 19.2 Å². The van der Waals surface area contributed by atoms with Crippen molar-refractivity contribution in [1.82, 2.24) is 14.7 Å². The number of aromatic nitrogens is 2. The lowest BCUT2D eigenvalue weighted by atomic mass is 9.90. The molecular weight excluding hydrogens is 428 g/mol. The maximum absolute atomic E-state index is 12.5. The minimum absolute atomic E-state index is 0.245. The summed E-state index contributed by atoms with van der Waals surface area (Å²) >= 11 is 0. The van der Waals surface area contributed by atoms with Crippen LogP contribution in [0.2, 0.25) is 0 Å². The number of rotatable bonds is 4. The Bertz CT molecular complexity index is 1180. The minimum Gasteiger partial charge on any atom is -0.457 e. The van der Waals surface area contributed by atoms with Gasteiger partial charge in [0.2, 0.25) is 0 Å². The van der Waals surface area contributed by atoms with Crippen LogP contribution in [0.4, 0.5) is 10.6 Å². The predicted octanol–water partition coefficient (Wildman–Crippen LogP) is 1.28. The summed E-state index contributed by atoms with van der Waals surface area (Å²) in [6, 6.07) is 6.44. The van der Waals surface area contributed by atoms with Gasteiger partial charge in [0.15, 0.2) is 5.82 Å². The number of cyclic esters (lactones) is 1. The minimum atomic E-state index is -0.697. The molecule has 3 aliphatic heterocycles. The number of piperidine rings is 1. The van der Waals surface area contributed by atoms with Gasteiger partial charge in [0.1, 0.15) is 12.2 Å². The Balaban J connectivity index is 1.23. The van der Waals surface area contributed by atoms with Crippen LogP contribution in [0.3, 0.4) is 0 Å². The Morgan fingerprint density at radius 1 is 1.15 bits per heavy atom. The van der Waals surface area contributed by atoms with Crippen molar-refractivity contribution < 1.29 is 24.2 Å². The Morgan fingerprint density at radius 2 is 1.91 bits per heavy atom. The topological polar surface area (TPSA) is 114 Å². The summed E-state index contributed by atoms with van der Waals surface area (Å²) in [4.78, 5) is 39.5. The van der Waals surface area contributed by atoms with Crippen LogP contribution in [-0.4, -0.2) is 63.6 Å².